The van der Waals surface area contributed by atoms with E-state index in [9.17, 15) is 25.2 Å². The molecular formula is C30H53N3O6S2. The second-order valence-corrected chi connectivity index (χ2v) is 13.3. The zero-order chi connectivity index (χ0) is 29.7. The summed E-state index contributed by atoms with van der Waals surface area (Å²) in [5.41, 5.74) is -0.927. The third kappa shape index (κ3) is 15.3. The molecule has 0 unspecified atom stereocenters. The van der Waals surface area contributed by atoms with Crippen LogP contribution in [-0.2, 0) is 9.53 Å². The molecule has 0 radical (unpaired) electrons. The van der Waals surface area contributed by atoms with Gasteiger partial charge in [-0.3, -0.25) is 4.79 Å². The molecule has 1 saturated heterocycles. The van der Waals surface area contributed by atoms with Gasteiger partial charge in [-0.1, -0.05) is 119 Å². The number of hydrogen-bond donors (Lipinski definition) is 5. The largest absolute Gasteiger partial charge is 0.394 e. The molecule has 236 valence electrons. The molecule has 2 heterocycles. The van der Waals surface area contributed by atoms with Gasteiger partial charge in [0, 0.05) is 6.42 Å². The number of aromatic nitrogens is 2. The maximum atomic E-state index is 12.3. The number of aliphatic hydroxyl groups excluding tert-OH is 4. The summed E-state index contributed by atoms with van der Waals surface area (Å²) in [4.78, 5) is 12.3. The summed E-state index contributed by atoms with van der Waals surface area (Å²) >= 11 is 2.17. The smallest absolute Gasteiger partial charge is 0.226 e. The Kier molecular flexibility index (Phi) is 19.8. The molecule has 0 aromatic carbocycles. The topological polar surface area (TPSA) is 145 Å². The maximum Gasteiger partial charge on any atom is 0.226 e. The molecule has 0 aliphatic carbocycles. The van der Waals surface area contributed by atoms with Gasteiger partial charge in [0.05, 0.1) is 6.61 Å². The molecule has 0 saturated carbocycles. The first-order chi connectivity index (χ1) is 20.0. The number of amides is 1. The Balaban J connectivity index is 1.43. The monoisotopic (exact) mass is 615 g/mol. The van der Waals surface area contributed by atoms with Gasteiger partial charge in [-0.25, -0.2) is 0 Å². The lowest BCUT2D eigenvalue weighted by molar-refractivity contribution is -0.205. The van der Waals surface area contributed by atoms with E-state index in [1.165, 1.54) is 89.9 Å². The number of carbonyl (C=O) groups excluding carboxylic acids is 1. The normalized spacial score (nSPS) is 22.9. The van der Waals surface area contributed by atoms with Crippen LogP contribution in [0, 0.1) is 0 Å². The molecule has 0 bridgehead atoms. The predicted molar refractivity (Wildman–Crippen MR) is 166 cm³/mol. The highest BCUT2D eigenvalue weighted by Crippen LogP contribution is 2.35. The van der Waals surface area contributed by atoms with Crippen molar-refractivity contribution in [1.82, 2.24) is 10.2 Å². The summed E-state index contributed by atoms with van der Waals surface area (Å²) in [6.45, 7) is 1.77. The number of anilines is 1. The van der Waals surface area contributed by atoms with Gasteiger partial charge in [0.25, 0.3) is 0 Å². The molecular weight excluding hydrogens is 562 g/mol. The van der Waals surface area contributed by atoms with E-state index in [4.69, 9.17) is 4.74 Å². The third-order valence-electron chi connectivity index (χ3n) is 7.38. The number of aliphatic hydroxyl groups is 4. The maximum absolute atomic E-state index is 12.3. The fourth-order valence-corrected chi connectivity index (χ4v) is 6.81. The van der Waals surface area contributed by atoms with E-state index in [1.54, 1.807) is 0 Å². The van der Waals surface area contributed by atoms with Crippen LogP contribution in [0.25, 0.3) is 0 Å². The number of nitrogens with zero attached hydrogens (tertiary/aromatic N) is 2. The number of thioether (sulfide) groups is 1. The first kappa shape index (κ1) is 36.1. The van der Waals surface area contributed by atoms with Crippen LogP contribution in [0.5, 0.6) is 0 Å². The Morgan fingerprint density at radius 1 is 0.829 bits per heavy atom. The molecule has 5 N–H and O–H groups in total. The molecule has 1 aliphatic heterocycles. The Hall–Kier alpha value is -1.08. The first-order valence-electron chi connectivity index (χ1n) is 15.7. The summed E-state index contributed by atoms with van der Waals surface area (Å²) in [7, 11) is 0. The average Bonchev–Trinajstić information content (AvgIpc) is 3.40. The summed E-state index contributed by atoms with van der Waals surface area (Å²) in [5.74, 6) is -0.105. The van der Waals surface area contributed by atoms with E-state index in [-0.39, 0.29) is 5.91 Å². The Labute approximate surface area is 254 Å². The van der Waals surface area contributed by atoms with Crippen LogP contribution in [-0.4, -0.2) is 73.0 Å². The zero-order valence-electron chi connectivity index (χ0n) is 24.8. The van der Waals surface area contributed by atoms with Crippen molar-refractivity contribution in [2.24, 2.45) is 0 Å². The number of carbonyl (C=O) groups is 1. The fraction of sp³-hybridized carbons (Fsp3) is 0.833. The highest BCUT2D eigenvalue weighted by atomic mass is 32.2. The molecule has 1 aromatic rings. The van der Waals surface area contributed by atoms with Crippen LogP contribution < -0.4 is 5.32 Å². The van der Waals surface area contributed by atoms with Crippen molar-refractivity contribution in [3.05, 3.63) is 12.2 Å². The molecule has 9 nitrogen and oxygen atoms in total. The lowest BCUT2D eigenvalue weighted by atomic mass is 10.0. The minimum absolute atomic E-state index is 0.105. The average molecular weight is 616 g/mol. The lowest BCUT2D eigenvalue weighted by Crippen LogP contribution is -2.57. The van der Waals surface area contributed by atoms with Gasteiger partial charge in [0.15, 0.2) is 4.34 Å². The van der Waals surface area contributed by atoms with Gasteiger partial charge >= 0.3 is 0 Å². The van der Waals surface area contributed by atoms with Gasteiger partial charge < -0.3 is 30.5 Å². The van der Waals surface area contributed by atoms with E-state index < -0.39 is 36.5 Å². The number of rotatable bonds is 23. The predicted octanol–water partition coefficient (Wildman–Crippen LogP) is 5.97. The molecule has 11 heteroatoms. The molecule has 41 heavy (non-hydrogen) atoms. The van der Waals surface area contributed by atoms with E-state index in [2.05, 4.69) is 34.6 Å². The second kappa shape index (κ2) is 22.5. The highest BCUT2D eigenvalue weighted by molar-refractivity contribution is 8.01. The van der Waals surface area contributed by atoms with Crippen LogP contribution in [0.15, 0.2) is 16.5 Å². The quantitative estimate of drug-likeness (QED) is 0.0571. The van der Waals surface area contributed by atoms with Crippen molar-refractivity contribution >= 4 is 34.1 Å². The summed E-state index contributed by atoms with van der Waals surface area (Å²) in [6, 6.07) is 0. The number of allylic oxidation sites excluding steroid dienone is 2. The van der Waals surface area contributed by atoms with Crippen molar-refractivity contribution in [3.63, 3.8) is 0 Å². The van der Waals surface area contributed by atoms with Crippen molar-refractivity contribution in [3.8, 4) is 0 Å². The first-order valence-corrected chi connectivity index (χ1v) is 17.4. The van der Waals surface area contributed by atoms with Crippen LogP contribution in [0.2, 0.25) is 0 Å². The summed E-state index contributed by atoms with van der Waals surface area (Å²) in [6.07, 6.45) is 21.4. The number of ether oxygens (including phenoxy) is 1. The highest BCUT2D eigenvalue weighted by Gasteiger charge is 2.44. The molecule has 1 aliphatic rings. The Bertz CT molecular complexity index is 841. The SMILES string of the molecule is CCCCCCCC/C=C\CCCCCCCCCCCC(=O)Nc1nnc(S[C@@H]2O[C@H](CO)[C@H](O)[C@H](O)[C@H]2O)s1. The van der Waals surface area contributed by atoms with Crippen molar-refractivity contribution in [2.45, 2.75) is 157 Å². The minimum atomic E-state index is -1.44. The Morgan fingerprint density at radius 2 is 1.39 bits per heavy atom. The van der Waals surface area contributed by atoms with Crippen LogP contribution in [0.3, 0.4) is 0 Å². The van der Waals surface area contributed by atoms with Gasteiger partial charge in [-0.2, -0.15) is 0 Å². The van der Waals surface area contributed by atoms with Crippen LogP contribution in [0.1, 0.15) is 122 Å². The van der Waals surface area contributed by atoms with E-state index in [1.807, 2.05) is 0 Å². The third-order valence-corrected chi connectivity index (χ3v) is 9.46. The zero-order valence-corrected chi connectivity index (χ0v) is 26.4. The minimum Gasteiger partial charge on any atom is -0.394 e. The van der Waals surface area contributed by atoms with Crippen molar-refractivity contribution in [1.29, 1.82) is 0 Å². The second-order valence-electron chi connectivity index (χ2n) is 11.0. The van der Waals surface area contributed by atoms with Gasteiger partial charge in [-0.05, 0) is 32.1 Å². The standard InChI is InChI=1S/C30H53N3O6S2/c1-2-3-4-5-6-7-8-9-10-11-12-13-14-15-16-17-18-19-20-21-24(35)31-29-32-33-30(41-29)40-28-27(38)26(37)25(36)23(22-34)39-28/h9-10,23,25-28,34,36-38H,2-8,11-22H2,1H3,(H,31,32,35)/b10-9-/t23-,25+,26+,27-,28+/m1/s1. The molecule has 2 rings (SSSR count). The van der Waals surface area contributed by atoms with Gasteiger partial charge in [0.1, 0.15) is 29.9 Å². The van der Waals surface area contributed by atoms with Crippen molar-refractivity contribution in [2.75, 3.05) is 11.9 Å². The van der Waals surface area contributed by atoms with E-state index in [0.717, 1.165) is 42.4 Å². The molecule has 1 aromatic heterocycles. The summed E-state index contributed by atoms with van der Waals surface area (Å²) in [5, 5.41) is 50.4. The summed E-state index contributed by atoms with van der Waals surface area (Å²) < 4.78 is 5.91. The Morgan fingerprint density at radius 3 is 1.98 bits per heavy atom. The molecule has 0 spiro atoms. The number of nitrogens with one attached hydrogen (secondary N) is 1. The van der Waals surface area contributed by atoms with E-state index in [0.29, 0.717) is 15.9 Å². The molecule has 1 amide bonds. The fourth-order valence-electron chi connectivity index (χ4n) is 4.82. The van der Waals surface area contributed by atoms with Crippen molar-refractivity contribution < 1.29 is 30.0 Å². The molecule has 5 atom stereocenters. The van der Waals surface area contributed by atoms with E-state index >= 15 is 0 Å². The van der Waals surface area contributed by atoms with Crippen LogP contribution in [0.4, 0.5) is 5.13 Å². The number of unbranched alkanes of at least 4 members (excludes halogenated alkanes) is 15. The molecule has 1 fully saturated rings. The number of hydrogen-bond acceptors (Lipinski definition) is 10. The van der Waals surface area contributed by atoms with Crippen LogP contribution >= 0.6 is 23.1 Å². The lowest BCUT2D eigenvalue weighted by Gasteiger charge is -2.39. The van der Waals surface area contributed by atoms with Gasteiger partial charge in [-0.15, -0.1) is 10.2 Å². The van der Waals surface area contributed by atoms with Gasteiger partial charge in [0.2, 0.25) is 11.0 Å².